The van der Waals surface area contributed by atoms with Crippen molar-refractivity contribution in [2.45, 2.75) is 0 Å². The smallest absolute Gasteiger partial charge is 0.280 e. The van der Waals surface area contributed by atoms with Gasteiger partial charge in [-0.15, -0.1) is 0 Å². The molecular weight excluding hydrogens is 156 g/mol. The van der Waals surface area contributed by atoms with Gasteiger partial charge in [-0.25, -0.2) is 5.14 Å². The predicted octanol–water partition coefficient (Wildman–Crippen LogP) is -1.01. The molecule has 0 saturated heterocycles. The molecule has 0 atom stereocenters. The van der Waals surface area contributed by atoms with Gasteiger partial charge in [0.15, 0.2) is 6.73 Å². The lowest BCUT2D eigenvalue weighted by atomic mass is 10.6. The van der Waals surface area contributed by atoms with E-state index >= 15 is 0 Å². The van der Waals surface area contributed by atoms with Crippen LogP contribution in [-0.4, -0.2) is 26.0 Å². The molecule has 0 unspecified atom stereocenters. The van der Waals surface area contributed by atoms with Gasteiger partial charge in [-0.05, 0) is 6.08 Å². The van der Waals surface area contributed by atoms with E-state index in [1.54, 1.807) is 6.08 Å². The Morgan fingerprint density at radius 1 is 1.60 bits per heavy atom. The van der Waals surface area contributed by atoms with Crippen LogP contribution in [0.4, 0.5) is 0 Å². The van der Waals surface area contributed by atoms with Crippen LogP contribution in [0, 0.1) is 0 Å². The van der Waals surface area contributed by atoms with Gasteiger partial charge < -0.3 is 4.74 Å². The van der Waals surface area contributed by atoms with Crippen LogP contribution < -0.4 is 5.14 Å². The van der Waals surface area contributed by atoms with Gasteiger partial charge in [-0.2, -0.15) is 12.7 Å². The molecular formula is C4H8N2O3S. The standard InChI is InChI=1S/C4H8N2O3S/c5-10(7,8)6-2-1-3-9-4-6/h1,3H,2,4H2,(H2,5,7,8). The van der Waals surface area contributed by atoms with Gasteiger partial charge in [0.1, 0.15) is 0 Å². The first-order valence-corrected chi connectivity index (χ1v) is 4.15. The molecule has 0 bridgehead atoms. The fraction of sp³-hybridized carbons (Fsp3) is 0.500. The molecule has 2 N–H and O–H groups in total. The second kappa shape index (κ2) is 2.57. The van der Waals surface area contributed by atoms with Crippen molar-refractivity contribution >= 4 is 10.2 Å². The monoisotopic (exact) mass is 164 g/mol. The van der Waals surface area contributed by atoms with Crippen LogP contribution in [0.2, 0.25) is 0 Å². The number of nitrogens with zero attached hydrogens (tertiary/aromatic N) is 1. The zero-order chi connectivity index (χ0) is 7.61. The molecule has 0 aromatic carbocycles. The second-order valence-corrected chi connectivity index (χ2v) is 3.39. The third-order valence-electron chi connectivity index (χ3n) is 1.08. The Morgan fingerprint density at radius 2 is 2.30 bits per heavy atom. The molecule has 1 aliphatic heterocycles. The summed E-state index contributed by atoms with van der Waals surface area (Å²) in [4.78, 5) is 0. The van der Waals surface area contributed by atoms with Crippen LogP contribution in [0.1, 0.15) is 0 Å². The molecule has 0 spiro atoms. The maximum absolute atomic E-state index is 10.6. The first-order valence-electron chi connectivity index (χ1n) is 2.65. The maximum Gasteiger partial charge on any atom is 0.280 e. The van der Waals surface area contributed by atoms with Crippen LogP contribution in [-0.2, 0) is 14.9 Å². The van der Waals surface area contributed by atoms with Gasteiger partial charge in [0, 0.05) is 6.54 Å². The summed E-state index contributed by atoms with van der Waals surface area (Å²) in [5, 5.41) is 4.79. The molecule has 10 heavy (non-hydrogen) atoms. The Balaban J connectivity index is 2.67. The minimum Gasteiger partial charge on any atom is -0.485 e. The average Bonchev–Trinajstić information content (AvgIpc) is 1.88. The van der Waals surface area contributed by atoms with Crippen LogP contribution in [0.3, 0.4) is 0 Å². The van der Waals surface area contributed by atoms with Gasteiger partial charge in [0.05, 0.1) is 6.26 Å². The van der Waals surface area contributed by atoms with E-state index in [-0.39, 0.29) is 6.73 Å². The van der Waals surface area contributed by atoms with E-state index in [4.69, 9.17) is 9.88 Å². The van der Waals surface area contributed by atoms with Crippen molar-refractivity contribution in [1.29, 1.82) is 0 Å². The van der Waals surface area contributed by atoms with Crippen molar-refractivity contribution in [3.8, 4) is 0 Å². The lowest BCUT2D eigenvalue weighted by Crippen LogP contribution is -2.39. The Kier molecular flexibility index (Phi) is 1.93. The highest BCUT2D eigenvalue weighted by molar-refractivity contribution is 7.86. The third kappa shape index (κ3) is 1.69. The zero-order valence-electron chi connectivity index (χ0n) is 5.23. The molecule has 0 radical (unpaired) electrons. The number of hydrogen-bond acceptors (Lipinski definition) is 3. The van der Waals surface area contributed by atoms with Gasteiger partial charge in [-0.1, -0.05) is 0 Å². The van der Waals surface area contributed by atoms with E-state index in [1.165, 1.54) is 6.26 Å². The highest BCUT2D eigenvalue weighted by Gasteiger charge is 2.17. The molecule has 1 aliphatic rings. The van der Waals surface area contributed by atoms with Crippen LogP contribution in [0.25, 0.3) is 0 Å². The number of ether oxygens (including phenoxy) is 1. The van der Waals surface area contributed by atoms with Gasteiger partial charge in [0.2, 0.25) is 0 Å². The predicted molar refractivity (Wildman–Crippen MR) is 34.9 cm³/mol. The van der Waals surface area contributed by atoms with Crippen molar-refractivity contribution < 1.29 is 13.2 Å². The first kappa shape index (κ1) is 7.52. The molecule has 0 fully saturated rings. The van der Waals surface area contributed by atoms with Crippen molar-refractivity contribution in [3.63, 3.8) is 0 Å². The second-order valence-electron chi connectivity index (χ2n) is 1.85. The van der Waals surface area contributed by atoms with Crippen molar-refractivity contribution in [2.24, 2.45) is 5.14 Å². The lowest BCUT2D eigenvalue weighted by molar-refractivity contribution is 0.144. The van der Waals surface area contributed by atoms with E-state index < -0.39 is 10.2 Å². The zero-order valence-corrected chi connectivity index (χ0v) is 6.04. The van der Waals surface area contributed by atoms with Crippen LogP contribution in [0.5, 0.6) is 0 Å². The summed E-state index contributed by atoms with van der Waals surface area (Å²) in [7, 11) is -3.57. The quantitative estimate of drug-likeness (QED) is 0.540. The molecule has 0 amide bonds. The SMILES string of the molecule is NS(=O)(=O)N1CC=COC1. The Hall–Kier alpha value is -0.590. The Bertz CT molecular complexity index is 233. The fourth-order valence-corrected chi connectivity index (χ4v) is 1.09. The summed E-state index contributed by atoms with van der Waals surface area (Å²) in [6.07, 6.45) is 3.02. The van der Waals surface area contributed by atoms with E-state index in [9.17, 15) is 8.42 Å². The summed E-state index contributed by atoms with van der Waals surface area (Å²) < 4.78 is 26.9. The normalized spacial score (nSPS) is 20.5. The van der Waals surface area contributed by atoms with E-state index in [1.807, 2.05) is 0 Å². The molecule has 58 valence electrons. The van der Waals surface area contributed by atoms with Gasteiger partial charge >= 0.3 is 0 Å². The molecule has 6 heteroatoms. The first-order chi connectivity index (χ1) is 4.61. The van der Waals surface area contributed by atoms with Crippen LogP contribution >= 0.6 is 0 Å². The largest absolute Gasteiger partial charge is 0.485 e. The molecule has 5 nitrogen and oxygen atoms in total. The summed E-state index contributed by atoms with van der Waals surface area (Å²) in [6.45, 7) is 0.300. The van der Waals surface area contributed by atoms with E-state index in [0.29, 0.717) is 6.54 Å². The Morgan fingerprint density at radius 3 is 2.60 bits per heavy atom. The van der Waals surface area contributed by atoms with Crippen molar-refractivity contribution in [3.05, 3.63) is 12.3 Å². The maximum atomic E-state index is 10.6. The number of rotatable bonds is 1. The van der Waals surface area contributed by atoms with Gasteiger partial charge in [-0.3, -0.25) is 0 Å². The van der Waals surface area contributed by atoms with Crippen molar-refractivity contribution in [1.82, 2.24) is 4.31 Å². The summed E-state index contributed by atoms with van der Waals surface area (Å²) in [5.74, 6) is 0. The van der Waals surface area contributed by atoms with Gasteiger partial charge in [0.25, 0.3) is 10.2 Å². The highest BCUT2D eigenvalue weighted by atomic mass is 32.2. The summed E-state index contributed by atoms with van der Waals surface area (Å²) >= 11 is 0. The lowest BCUT2D eigenvalue weighted by Gasteiger charge is -2.19. The molecule has 0 saturated carbocycles. The van der Waals surface area contributed by atoms with Crippen LogP contribution in [0.15, 0.2) is 12.3 Å². The summed E-state index contributed by atoms with van der Waals surface area (Å²) in [5.41, 5.74) is 0. The highest BCUT2D eigenvalue weighted by Crippen LogP contribution is 2.00. The van der Waals surface area contributed by atoms with E-state index in [2.05, 4.69) is 0 Å². The Labute approximate surface area is 59.2 Å². The molecule has 0 aromatic rings. The third-order valence-corrected chi connectivity index (χ3v) is 2.05. The fourth-order valence-electron chi connectivity index (χ4n) is 0.585. The molecule has 0 aromatic heterocycles. The minimum absolute atomic E-state index is 0.00926. The molecule has 1 heterocycles. The topological polar surface area (TPSA) is 72.6 Å². The average molecular weight is 164 g/mol. The molecule has 0 aliphatic carbocycles. The minimum atomic E-state index is -3.57. The van der Waals surface area contributed by atoms with E-state index in [0.717, 1.165) is 4.31 Å². The number of hydrogen-bond donors (Lipinski definition) is 1. The summed E-state index contributed by atoms with van der Waals surface area (Å²) in [6, 6.07) is 0. The number of nitrogens with two attached hydrogens (primary N) is 1. The van der Waals surface area contributed by atoms with Crippen molar-refractivity contribution in [2.75, 3.05) is 13.3 Å². The molecule has 1 rings (SSSR count).